The minimum absolute atomic E-state index is 0.0789. The number of esters is 1. The number of hydrogen-bond donors (Lipinski definition) is 2. The minimum atomic E-state index is -4.74. The van der Waals surface area contributed by atoms with E-state index < -0.39 is 29.6 Å². The number of nitrogens with one attached hydrogen (secondary N) is 1. The minimum Gasteiger partial charge on any atom is -0.453 e. The largest absolute Gasteiger partial charge is 0.453 e. The fourth-order valence-corrected chi connectivity index (χ4v) is 2.63. The van der Waals surface area contributed by atoms with Gasteiger partial charge in [-0.2, -0.15) is 18.4 Å². The van der Waals surface area contributed by atoms with Crippen LogP contribution in [0.15, 0.2) is 46.9 Å². The van der Waals surface area contributed by atoms with Crippen molar-refractivity contribution in [3.05, 3.63) is 62.6 Å². The van der Waals surface area contributed by atoms with Gasteiger partial charge >= 0.3 is 12.1 Å². The van der Waals surface area contributed by atoms with Crippen LogP contribution in [0.4, 0.5) is 18.9 Å². The molecule has 1 aliphatic heterocycles. The van der Waals surface area contributed by atoms with E-state index in [9.17, 15) is 33.3 Å². The molecule has 1 aromatic rings. The number of halogens is 3. The van der Waals surface area contributed by atoms with Crippen LogP contribution in [-0.2, 0) is 9.53 Å². The van der Waals surface area contributed by atoms with Crippen molar-refractivity contribution in [2.75, 3.05) is 6.61 Å². The number of nitro groups is 1. The molecule has 142 valence electrons. The molecule has 1 aliphatic rings. The van der Waals surface area contributed by atoms with Crippen LogP contribution in [0.2, 0.25) is 0 Å². The normalized spacial score (nSPS) is 17.2. The predicted molar refractivity (Wildman–Crippen MR) is 85.5 cm³/mol. The van der Waals surface area contributed by atoms with Crippen molar-refractivity contribution in [2.24, 2.45) is 5.73 Å². The number of nitro benzene ring substituents is 1. The summed E-state index contributed by atoms with van der Waals surface area (Å²) in [6, 6.07) is 6.83. The van der Waals surface area contributed by atoms with Crippen LogP contribution in [0.5, 0.6) is 0 Å². The number of carbonyl (C=O) groups is 1. The lowest BCUT2D eigenvalue weighted by Gasteiger charge is -2.28. The first-order chi connectivity index (χ1) is 12.5. The van der Waals surface area contributed by atoms with Crippen LogP contribution >= 0.6 is 0 Å². The molecule has 0 aromatic heterocycles. The van der Waals surface area contributed by atoms with E-state index in [0.29, 0.717) is 0 Å². The van der Waals surface area contributed by atoms with Crippen LogP contribution in [0.3, 0.4) is 0 Å². The highest BCUT2D eigenvalue weighted by molar-refractivity contribution is 5.93. The summed E-state index contributed by atoms with van der Waals surface area (Å²) in [6.45, 7) is -0.444. The fraction of sp³-hybridized carbons (Fsp3) is 0.250. The molecule has 0 radical (unpaired) electrons. The maximum absolute atomic E-state index is 12.4. The molecule has 11 heteroatoms. The van der Waals surface area contributed by atoms with Crippen molar-refractivity contribution in [1.82, 2.24) is 5.32 Å². The molecule has 0 saturated heterocycles. The van der Waals surface area contributed by atoms with Crippen LogP contribution in [0.25, 0.3) is 0 Å². The van der Waals surface area contributed by atoms with E-state index in [2.05, 4.69) is 10.1 Å². The smallest absolute Gasteiger partial charge is 0.422 e. The number of ether oxygens (including phenoxy) is 1. The molecule has 27 heavy (non-hydrogen) atoms. The van der Waals surface area contributed by atoms with E-state index in [4.69, 9.17) is 5.73 Å². The Hall–Kier alpha value is -3.55. The second-order valence-corrected chi connectivity index (χ2v) is 5.58. The van der Waals surface area contributed by atoms with E-state index >= 15 is 0 Å². The van der Waals surface area contributed by atoms with Gasteiger partial charge in [0.1, 0.15) is 5.82 Å². The highest BCUT2D eigenvalue weighted by atomic mass is 19.4. The number of allylic oxidation sites excluding steroid dienone is 2. The van der Waals surface area contributed by atoms with Crippen LogP contribution in [0, 0.1) is 21.4 Å². The molecule has 1 heterocycles. The van der Waals surface area contributed by atoms with E-state index in [1.165, 1.54) is 25.1 Å². The first-order valence-electron chi connectivity index (χ1n) is 7.41. The Morgan fingerprint density at radius 2 is 2.15 bits per heavy atom. The van der Waals surface area contributed by atoms with Crippen LogP contribution < -0.4 is 11.1 Å². The summed E-state index contributed by atoms with van der Waals surface area (Å²) in [5.74, 6) is -2.63. The summed E-state index contributed by atoms with van der Waals surface area (Å²) >= 11 is 0. The Labute approximate surface area is 150 Å². The van der Waals surface area contributed by atoms with Gasteiger partial charge in [-0.1, -0.05) is 12.1 Å². The number of dihydropyridines is 1. The van der Waals surface area contributed by atoms with Crippen molar-refractivity contribution in [1.29, 1.82) is 5.26 Å². The highest BCUT2D eigenvalue weighted by Crippen LogP contribution is 2.38. The lowest BCUT2D eigenvalue weighted by atomic mass is 9.82. The van der Waals surface area contributed by atoms with Gasteiger partial charge in [-0.15, -0.1) is 0 Å². The highest BCUT2D eigenvalue weighted by Gasteiger charge is 2.37. The van der Waals surface area contributed by atoms with Gasteiger partial charge < -0.3 is 15.8 Å². The van der Waals surface area contributed by atoms with Crippen LogP contribution in [0.1, 0.15) is 18.4 Å². The number of non-ortho nitro benzene ring substituents is 1. The summed E-state index contributed by atoms with van der Waals surface area (Å²) in [6.07, 6.45) is -4.74. The molecule has 0 saturated carbocycles. The lowest BCUT2D eigenvalue weighted by Crippen LogP contribution is -2.33. The zero-order valence-corrected chi connectivity index (χ0v) is 13.8. The zero-order chi connectivity index (χ0) is 20.4. The van der Waals surface area contributed by atoms with Gasteiger partial charge in [0, 0.05) is 17.8 Å². The molecular weight excluding hydrogens is 369 g/mol. The third-order valence-corrected chi connectivity index (χ3v) is 3.72. The van der Waals surface area contributed by atoms with E-state index in [0.717, 1.165) is 6.07 Å². The van der Waals surface area contributed by atoms with Crippen molar-refractivity contribution in [3.63, 3.8) is 0 Å². The summed E-state index contributed by atoms with van der Waals surface area (Å²) in [7, 11) is 0. The Morgan fingerprint density at radius 1 is 1.48 bits per heavy atom. The van der Waals surface area contributed by atoms with Crippen molar-refractivity contribution in [3.8, 4) is 6.07 Å². The Morgan fingerprint density at radius 3 is 2.70 bits per heavy atom. The third-order valence-electron chi connectivity index (χ3n) is 3.72. The number of rotatable bonds is 4. The molecular formula is C16H13F3N4O4. The number of hydrogen-bond acceptors (Lipinski definition) is 7. The van der Waals surface area contributed by atoms with E-state index in [-0.39, 0.29) is 33.9 Å². The van der Waals surface area contributed by atoms with Gasteiger partial charge in [-0.05, 0) is 12.5 Å². The summed E-state index contributed by atoms with van der Waals surface area (Å²) < 4.78 is 41.5. The van der Waals surface area contributed by atoms with Crippen LogP contribution in [-0.4, -0.2) is 23.7 Å². The third kappa shape index (κ3) is 4.35. The van der Waals surface area contributed by atoms with Gasteiger partial charge in [0.25, 0.3) is 5.69 Å². The first-order valence-corrected chi connectivity index (χ1v) is 7.41. The Kier molecular flexibility index (Phi) is 5.39. The number of nitriles is 1. The Bertz CT molecular complexity index is 900. The van der Waals surface area contributed by atoms with E-state index in [1.54, 1.807) is 6.07 Å². The number of carbonyl (C=O) groups excluding carboxylic acids is 1. The van der Waals surface area contributed by atoms with Gasteiger partial charge in [-0.3, -0.25) is 10.1 Å². The average Bonchev–Trinajstić information content (AvgIpc) is 2.58. The monoisotopic (exact) mass is 382 g/mol. The molecule has 0 spiro atoms. The van der Waals surface area contributed by atoms with Gasteiger partial charge in [0.05, 0.1) is 28.1 Å². The molecule has 0 fully saturated rings. The van der Waals surface area contributed by atoms with Gasteiger partial charge in [0.2, 0.25) is 0 Å². The molecule has 1 aromatic carbocycles. The van der Waals surface area contributed by atoms with Crippen molar-refractivity contribution in [2.45, 2.75) is 19.0 Å². The molecule has 2 rings (SSSR count). The van der Waals surface area contributed by atoms with Gasteiger partial charge in [0.15, 0.2) is 6.61 Å². The first kappa shape index (κ1) is 19.8. The molecule has 1 atom stereocenters. The summed E-state index contributed by atoms with van der Waals surface area (Å²) in [4.78, 5) is 22.6. The number of nitrogens with two attached hydrogens (primary N) is 1. The maximum atomic E-state index is 12.4. The molecule has 8 nitrogen and oxygen atoms in total. The summed E-state index contributed by atoms with van der Waals surface area (Å²) in [5.41, 5.74) is 5.21. The molecule has 3 N–H and O–H groups in total. The average molecular weight is 382 g/mol. The number of nitrogens with zero attached hydrogens (tertiary/aromatic N) is 2. The standard InChI is InChI=1S/C16H13F3N4O4/c1-8-12(15(24)27-7-16(17,18)19)13(11(6-20)14(21)22-8)9-3-2-4-10(5-9)23(25)26/h2-5,13,22H,7,21H2,1H3. The summed E-state index contributed by atoms with van der Waals surface area (Å²) in [5, 5.41) is 23.0. The quantitative estimate of drug-likeness (QED) is 0.464. The molecule has 0 bridgehead atoms. The second kappa shape index (κ2) is 7.36. The Balaban J connectivity index is 2.54. The SMILES string of the molecule is CC1=C(C(=O)OCC(F)(F)F)C(c2cccc([N+](=O)[O-])c2)C(C#N)=C(N)N1. The molecule has 0 amide bonds. The topological polar surface area (TPSA) is 131 Å². The zero-order valence-electron chi connectivity index (χ0n) is 13.8. The van der Waals surface area contributed by atoms with Gasteiger partial charge in [-0.25, -0.2) is 4.79 Å². The number of alkyl halides is 3. The maximum Gasteiger partial charge on any atom is 0.422 e. The van der Waals surface area contributed by atoms with E-state index in [1.807, 2.05) is 0 Å². The second-order valence-electron chi connectivity index (χ2n) is 5.58. The lowest BCUT2D eigenvalue weighted by molar-refractivity contribution is -0.384. The molecule has 1 unspecified atom stereocenters. The predicted octanol–water partition coefficient (Wildman–Crippen LogP) is 2.35. The van der Waals surface area contributed by atoms with Crippen molar-refractivity contribution >= 4 is 11.7 Å². The number of benzene rings is 1. The molecule has 0 aliphatic carbocycles. The fourth-order valence-electron chi connectivity index (χ4n) is 2.63. The van der Waals surface area contributed by atoms with Crippen molar-refractivity contribution < 1.29 is 27.6 Å².